The molecule has 6 heteroatoms. The molecule has 2 rings (SSSR count). The molecule has 3 N–H and O–H groups in total. The number of guanidine groups is 1. The molecule has 0 atom stereocenters. The summed E-state index contributed by atoms with van der Waals surface area (Å²) in [5, 5.41) is 3.18. The standard InChI is InChI=1S/C17H26N4O.HI/c1-3-13-8-7-9-14(4-2)16(13)20-17(18)19-12-15(22)21-10-5-6-11-21;/h7-9H,3-6,10-12H2,1-2H3,(H3,18,19,20);1H. The van der Waals surface area contributed by atoms with E-state index in [9.17, 15) is 4.79 Å². The number of para-hydroxylation sites is 1. The van der Waals surface area contributed by atoms with Crippen LogP contribution in [-0.4, -0.2) is 36.4 Å². The van der Waals surface area contributed by atoms with Crippen LogP contribution in [0.25, 0.3) is 0 Å². The molecule has 1 aromatic rings. The van der Waals surface area contributed by atoms with Gasteiger partial charge in [-0.15, -0.1) is 24.0 Å². The van der Waals surface area contributed by atoms with Gasteiger partial charge in [-0.05, 0) is 36.8 Å². The summed E-state index contributed by atoms with van der Waals surface area (Å²) in [6.07, 6.45) is 4.03. The van der Waals surface area contributed by atoms with Gasteiger partial charge in [-0.3, -0.25) is 4.79 Å². The molecule has 1 aromatic carbocycles. The van der Waals surface area contributed by atoms with Crippen LogP contribution in [0.15, 0.2) is 23.2 Å². The molecule has 0 unspecified atom stereocenters. The molecule has 5 nitrogen and oxygen atoms in total. The van der Waals surface area contributed by atoms with Gasteiger partial charge in [-0.25, -0.2) is 4.99 Å². The fourth-order valence-corrected chi connectivity index (χ4v) is 2.79. The van der Waals surface area contributed by atoms with Gasteiger partial charge in [0, 0.05) is 18.8 Å². The number of likely N-dealkylation sites (tertiary alicyclic amines) is 1. The number of aliphatic imine (C=N–C) groups is 1. The summed E-state index contributed by atoms with van der Waals surface area (Å²) in [5.74, 6) is 0.366. The van der Waals surface area contributed by atoms with Crippen molar-refractivity contribution in [1.29, 1.82) is 0 Å². The van der Waals surface area contributed by atoms with Crippen LogP contribution in [0, 0.1) is 0 Å². The van der Waals surface area contributed by atoms with E-state index in [4.69, 9.17) is 5.73 Å². The Kier molecular flexibility index (Phi) is 8.36. The second-order valence-corrected chi connectivity index (χ2v) is 5.57. The van der Waals surface area contributed by atoms with Crippen LogP contribution >= 0.6 is 24.0 Å². The zero-order valence-electron chi connectivity index (χ0n) is 14.0. The number of rotatable bonds is 5. The average Bonchev–Trinajstić information content (AvgIpc) is 3.07. The summed E-state index contributed by atoms with van der Waals surface area (Å²) in [6.45, 7) is 6.05. The van der Waals surface area contributed by atoms with E-state index in [-0.39, 0.29) is 36.4 Å². The summed E-state index contributed by atoms with van der Waals surface area (Å²) in [7, 11) is 0. The van der Waals surface area contributed by atoms with E-state index in [1.54, 1.807) is 0 Å². The maximum Gasteiger partial charge on any atom is 0.244 e. The predicted octanol–water partition coefficient (Wildman–Crippen LogP) is 2.78. The van der Waals surface area contributed by atoms with Gasteiger partial charge >= 0.3 is 0 Å². The Labute approximate surface area is 155 Å². The monoisotopic (exact) mass is 430 g/mol. The van der Waals surface area contributed by atoms with Crippen LogP contribution in [0.2, 0.25) is 0 Å². The van der Waals surface area contributed by atoms with E-state index < -0.39 is 0 Å². The Hall–Kier alpha value is -1.31. The highest BCUT2D eigenvalue weighted by molar-refractivity contribution is 14.0. The lowest BCUT2D eigenvalue weighted by Crippen LogP contribution is -2.32. The molecule has 0 saturated carbocycles. The van der Waals surface area contributed by atoms with Gasteiger partial charge in [0.25, 0.3) is 0 Å². The number of hydrogen-bond donors (Lipinski definition) is 2. The number of carbonyl (C=O) groups excluding carboxylic acids is 1. The molecule has 0 aromatic heterocycles. The second kappa shape index (κ2) is 9.75. The molecule has 1 saturated heterocycles. The van der Waals surface area contributed by atoms with Crippen molar-refractivity contribution < 1.29 is 4.79 Å². The number of benzene rings is 1. The van der Waals surface area contributed by atoms with E-state index in [1.165, 1.54) is 11.1 Å². The number of nitrogens with zero attached hydrogens (tertiary/aromatic N) is 2. The van der Waals surface area contributed by atoms with Crippen LogP contribution in [0.4, 0.5) is 5.69 Å². The first-order valence-electron chi connectivity index (χ1n) is 8.11. The van der Waals surface area contributed by atoms with E-state index in [2.05, 4.69) is 42.4 Å². The van der Waals surface area contributed by atoms with Crippen molar-refractivity contribution in [1.82, 2.24) is 4.90 Å². The lowest BCUT2D eigenvalue weighted by Gasteiger charge is -2.16. The van der Waals surface area contributed by atoms with Crippen LogP contribution in [0.5, 0.6) is 0 Å². The minimum absolute atomic E-state index is 0. The quantitative estimate of drug-likeness (QED) is 0.429. The highest BCUT2D eigenvalue weighted by Crippen LogP contribution is 2.22. The first kappa shape index (κ1) is 19.7. The molecule has 0 bridgehead atoms. The summed E-state index contributed by atoms with van der Waals surface area (Å²) < 4.78 is 0. The minimum atomic E-state index is 0. The van der Waals surface area contributed by atoms with Gasteiger partial charge in [0.15, 0.2) is 5.96 Å². The fraction of sp³-hybridized carbons (Fsp3) is 0.529. The Morgan fingerprint density at radius 3 is 2.30 bits per heavy atom. The number of amides is 1. The first-order valence-corrected chi connectivity index (χ1v) is 8.11. The van der Waals surface area contributed by atoms with Crippen LogP contribution in [0.3, 0.4) is 0 Å². The summed E-state index contributed by atoms with van der Waals surface area (Å²) >= 11 is 0. The second-order valence-electron chi connectivity index (χ2n) is 5.57. The lowest BCUT2D eigenvalue weighted by molar-refractivity contribution is -0.128. The van der Waals surface area contributed by atoms with E-state index >= 15 is 0 Å². The van der Waals surface area contributed by atoms with E-state index in [1.807, 2.05) is 4.90 Å². The van der Waals surface area contributed by atoms with Gasteiger partial charge in [-0.1, -0.05) is 32.0 Å². The summed E-state index contributed by atoms with van der Waals surface area (Å²) in [6, 6.07) is 6.24. The Bertz CT molecular complexity index is 531. The van der Waals surface area contributed by atoms with Crippen molar-refractivity contribution in [3.05, 3.63) is 29.3 Å². The number of carbonyl (C=O) groups is 1. The Morgan fingerprint density at radius 2 is 1.78 bits per heavy atom. The van der Waals surface area contributed by atoms with Gasteiger partial charge in [0.1, 0.15) is 6.54 Å². The molecule has 1 amide bonds. The Balaban J connectivity index is 0.00000264. The third kappa shape index (κ3) is 5.37. The molecule has 23 heavy (non-hydrogen) atoms. The van der Waals surface area contributed by atoms with Gasteiger partial charge in [-0.2, -0.15) is 0 Å². The summed E-state index contributed by atoms with van der Waals surface area (Å²) in [4.78, 5) is 18.0. The number of aryl methyl sites for hydroxylation is 2. The zero-order valence-corrected chi connectivity index (χ0v) is 16.3. The molecular formula is C17H27IN4O. The van der Waals surface area contributed by atoms with Crippen LogP contribution in [-0.2, 0) is 17.6 Å². The highest BCUT2D eigenvalue weighted by Gasteiger charge is 2.17. The number of nitrogens with two attached hydrogens (primary N) is 1. The fourth-order valence-electron chi connectivity index (χ4n) is 2.79. The molecule has 0 aliphatic carbocycles. The Morgan fingerprint density at radius 1 is 1.22 bits per heavy atom. The van der Waals surface area contributed by atoms with Crippen molar-refractivity contribution in [2.24, 2.45) is 10.7 Å². The van der Waals surface area contributed by atoms with Gasteiger partial charge in [0.05, 0.1) is 0 Å². The molecular weight excluding hydrogens is 403 g/mol. The van der Waals surface area contributed by atoms with E-state index in [0.29, 0.717) is 5.96 Å². The van der Waals surface area contributed by atoms with Crippen molar-refractivity contribution in [3.8, 4) is 0 Å². The highest BCUT2D eigenvalue weighted by atomic mass is 127. The first-order chi connectivity index (χ1) is 10.7. The zero-order chi connectivity index (χ0) is 15.9. The van der Waals surface area contributed by atoms with Gasteiger partial charge < -0.3 is 16.0 Å². The topological polar surface area (TPSA) is 70.7 Å². The molecule has 128 valence electrons. The molecule has 0 radical (unpaired) electrons. The van der Waals surface area contributed by atoms with Crippen molar-refractivity contribution in [2.75, 3.05) is 25.0 Å². The van der Waals surface area contributed by atoms with Crippen LogP contribution < -0.4 is 11.1 Å². The van der Waals surface area contributed by atoms with Crippen molar-refractivity contribution in [3.63, 3.8) is 0 Å². The number of anilines is 1. The lowest BCUT2D eigenvalue weighted by atomic mass is 10.0. The van der Waals surface area contributed by atoms with Gasteiger partial charge in [0.2, 0.25) is 5.91 Å². The minimum Gasteiger partial charge on any atom is -0.370 e. The number of nitrogens with one attached hydrogen (secondary N) is 1. The largest absolute Gasteiger partial charge is 0.370 e. The SMILES string of the molecule is CCc1cccc(CC)c1NC(N)=NCC(=O)N1CCCC1.I. The summed E-state index contributed by atoms with van der Waals surface area (Å²) in [5.41, 5.74) is 9.42. The maximum absolute atomic E-state index is 12.0. The normalized spacial score (nSPS) is 14.5. The smallest absolute Gasteiger partial charge is 0.244 e. The maximum atomic E-state index is 12.0. The van der Waals surface area contributed by atoms with Crippen molar-refractivity contribution in [2.45, 2.75) is 39.5 Å². The van der Waals surface area contributed by atoms with E-state index in [0.717, 1.165) is 44.5 Å². The molecule has 1 aliphatic rings. The van der Waals surface area contributed by atoms with Crippen LogP contribution in [0.1, 0.15) is 37.8 Å². The molecule has 1 fully saturated rings. The predicted molar refractivity (Wildman–Crippen MR) is 107 cm³/mol. The third-order valence-electron chi connectivity index (χ3n) is 4.10. The molecule has 0 spiro atoms. The average molecular weight is 430 g/mol. The number of halogens is 1. The molecule has 1 aliphatic heterocycles. The van der Waals surface area contributed by atoms with Crippen molar-refractivity contribution >= 4 is 41.5 Å². The number of hydrogen-bond acceptors (Lipinski definition) is 2. The third-order valence-corrected chi connectivity index (χ3v) is 4.10. The molecule has 1 heterocycles.